The maximum Gasteiger partial charge on any atom is 0.270 e. The third kappa shape index (κ3) is 2.57. The first-order chi connectivity index (χ1) is 9.02. The van der Waals surface area contributed by atoms with Crippen molar-refractivity contribution in [3.63, 3.8) is 0 Å². The van der Waals surface area contributed by atoms with Gasteiger partial charge in [-0.1, -0.05) is 13.0 Å². The first kappa shape index (κ1) is 13.1. The Morgan fingerprint density at radius 3 is 2.84 bits per heavy atom. The predicted molar refractivity (Wildman–Crippen MR) is 70.7 cm³/mol. The highest BCUT2D eigenvalue weighted by Crippen LogP contribution is 2.09. The Kier molecular flexibility index (Phi) is 3.50. The van der Waals surface area contributed by atoms with E-state index >= 15 is 0 Å². The number of hydrogen-bond donors (Lipinski definition) is 2. The number of carbonyl (C=O) groups is 2. The minimum Gasteiger partial charge on any atom is -0.368 e. The summed E-state index contributed by atoms with van der Waals surface area (Å²) >= 11 is 0. The maximum atomic E-state index is 12.1. The van der Waals surface area contributed by atoms with Gasteiger partial charge in [0.05, 0.1) is 6.20 Å². The first-order valence-electron chi connectivity index (χ1n) is 6.06. The molecule has 100 valence electrons. The molecule has 6 nitrogen and oxygen atoms in total. The van der Waals surface area contributed by atoms with Crippen LogP contribution in [-0.4, -0.2) is 27.2 Å². The van der Waals surface area contributed by atoms with Crippen LogP contribution in [0.25, 0.3) is 5.65 Å². The smallest absolute Gasteiger partial charge is 0.270 e. The van der Waals surface area contributed by atoms with Crippen LogP contribution in [0.3, 0.4) is 0 Å². The van der Waals surface area contributed by atoms with Gasteiger partial charge in [0.15, 0.2) is 0 Å². The molecular weight excluding hydrogens is 244 g/mol. The molecular formula is C13H16N4O2. The lowest BCUT2D eigenvalue weighted by Gasteiger charge is -2.12. The van der Waals surface area contributed by atoms with E-state index in [-0.39, 0.29) is 5.91 Å². The summed E-state index contributed by atoms with van der Waals surface area (Å²) in [7, 11) is 0. The molecule has 0 saturated carbocycles. The molecule has 0 aliphatic carbocycles. The number of rotatable bonds is 4. The number of nitrogens with two attached hydrogens (primary N) is 1. The molecule has 0 radical (unpaired) electrons. The number of imidazole rings is 1. The number of hydrogen-bond acceptors (Lipinski definition) is 3. The standard InChI is InChI=1S/C13H16N4O2/c1-3-9(12(14)18)16-13(19)10-6-15-11-5-4-8(2)7-17(10)11/h4-7,9H,3H2,1-2H3,(H2,14,18)(H,16,19)/t9-/m0/s1. The SMILES string of the molecule is CC[C@H](NC(=O)c1cnc2ccc(C)cn12)C(N)=O. The minimum absolute atomic E-state index is 0.358. The van der Waals surface area contributed by atoms with E-state index in [0.29, 0.717) is 17.8 Å². The molecule has 0 unspecified atom stereocenters. The summed E-state index contributed by atoms with van der Waals surface area (Å²) in [5.41, 5.74) is 7.30. The van der Waals surface area contributed by atoms with Gasteiger partial charge in [-0.3, -0.25) is 14.0 Å². The number of carbonyl (C=O) groups excluding carboxylic acids is 2. The zero-order valence-electron chi connectivity index (χ0n) is 10.9. The molecule has 2 heterocycles. The average Bonchev–Trinajstić information content (AvgIpc) is 2.78. The Labute approximate surface area is 110 Å². The van der Waals surface area contributed by atoms with Crippen LogP contribution in [0.5, 0.6) is 0 Å². The van der Waals surface area contributed by atoms with Gasteiger partial charge < -0.3 is 11.1 Å². The van der Waals surface area contributed by atoms with Gasteiger partial charge in [0.25, 0.3) is 5.91 Å². The van der Waals surface area contributed by atoms with Crippen LogP contribution < -0.4 is 11.1 Å². The average molecular weight is 260 g/mol. The van der Waals surface area contributed by atoms with E-state index < -0.39 is 11.9 Å². The van der Waals surface area contributed by atoms with Crippen molar-refractivity contribution in [3.8, 4) is 0 Å². The Morgan fingerprint density at radius 2 is 2.21 bits per heavy atom. The number of amides is 2. The molecule has 0 spiro atoms. The van der Waals surface area contributed by atoms with E-state index in [1.165, 1.54) is 6.20 Å². The van der Waals surface area contributed by atoms with Gasteiger partial charge >= 0.3 is 0 Å². The number of fused-ring (bicyclic) bond motifs is 1. The molecule has 0 aromatic carbocycles. The second kappa shape index (κ2) is 5.09. The summed E-state index contributed by atoms with van der Waals surface area (Å²) < 4.78 is 1.69. The van der Waals surface area contributed by atoms with Crippen molar-refractivity contribution in [2.45, 2.75) is 26.3 Å². The Morgan fingerprint density at radius 1 is 1.47 bits per heavy atom. The summed E-state index contributed by atoms with van der Waals surface area (Å²) in [6.45, 7) is 3.72. The number of aryl methyl sites for hydroxylation is 1. The molecule has 1 atom stereocenters. The molecule has 2 aromatic heterocycles. The van der Waals surface area contributed by atoms with Crippen LogP contribution in [0.15, 0.2) is 24.5 Å². The van der Waals surface area contributed by atoms with Crippen LogP contribution in [0, 0.1) is 6.92 Å². The Hall–Kier alpha value is -2.37. The lowest BCUT2D eigenvalue weighted by Crippen LogP contribution is -2.44. The van der Waals surface area contributed by atoms with Crippen molar-refractivity contribution >= 4 is 17.5 Å². The highest BCUT2D eigenvalue weighted by molar-refractivity contribution is 5.96. The summed E-state index contributed by atoms with van der Waals surface area (Å²) in [5.74, 6) is -0.899. The third-order valence-corrected chi connectivity index (χ3v) is 2.94. The lowest BCUT2D eigenvalue weighted by atomic mass is 10.2. The fourth-order valence-electron chi connectivity index (χ4n) is 1.86. The van der Waals surface area contributed by atoms with Gasteiger partial charge in [0, 0.05) is 6.20 Å². The van der Waals surface area contributed by atoms with E-state index in [1.807, 2.05) is 25.3 Å². The quantitative estimate of drug-likeness (QED) is 0.845. The van der Waals surface area contributed by atoms with Gasteiger partial charge in [-0.15, -0.1) is 0 Å². The minimum atomic E-state index is -0.664. The number of primary amides is 1. The maximum absolute atomic E-state index is 12.1. The molecule has 2 rings (SSSR count). The molecule has 0 bridgehead atoms. The van der Waals surface area contributed by atoms with Gasteiger partial charge in [0.2, 0.25) is 5.91 Å². The van der Waals surface area contributed by atoms with Crippen LogP contribution >= 0.6 is 0 Å². The Bertz CT molecular complexity index is 633. The van der Waals surface area contributed by atoms with E-state index in [2.05, 4.69) is 10.3 Å². The molecule has 0 aliphatic heterocycles. The molecule has 2 amide bonds. The van der Waals surface area contributed by atoms with Gasteiger partial charge in [0.1, 0.15) is 17.4 Å². The first-order valence-corrected chi connectivity index (χ1v) is 6.06. The Balaban J connectivity index is 2.31. The van der Waals surface area contributed by atoms with Crippen molar-refractivity contribution in [3.05, 3.63) is 35.8 Å². The van der Waals surface area contributed by atoms with Crippen LogP contribution in [0.1, 0.15) is 29.4 Å². The predicted octanol–water partition coefficient (Wildman–Crippen LogP) is 0.636. The highest BCUT2D eigenvalue weighted by Gasteiger charge is 2.19. The van der Waals surface area contributed by atoms with Crippen LogP contribution in [-0.2, 0) is 4.79 Å². The number of nitrogens with one attached hydrogen (secondary N) is 1. The third-order valence-electron chi connectivity index (χ3n) is 2.94. The van der Waals surface area contributed by atoms with E-state index in [1.54, 1.807) is 11.3 Å². The van der Waals surface area contributed by atoms with Crippen molar-refractivity contribution < 1.29 is 9.59 Å². The topological polar surface area (TPSA) is 89.5 Å². The zero-order valence-corrected chi connectivity index (χ0v) is 10.9. The van der Waals surface area contributed by atoms with Crippen molar-refractivity contribution in [1.82, 2.24) is 14.7 Å². The number of pyridine rings is 1. The molecule has 3 N–H and O–H groups in total. The summed E-state index contributed by atoms with van der Waals surface area (Å²) in [6, 6.07) is 3.09. The number of aromatic nitrogens is 2. The lowest BCUT2D eigenvalue weighted by molar-refractivity contribution is -0.119. The number of nitrogens with zero attached hydrogens (tertiary/aromatic N) is 2. The normalized spacial score (nSPS) is 12.3. The monoisotopic (exact) mass is 260 g/mol. The van der Waals surface area contributed by atoms with Gasteiger partial charge in [-0.05, 0) is 25.0 Å². The zero-order chi connectivity index (χ0) is 14.0. The molecule has 6 heteroatoms. The van der Waals surface area contributed by atoms with Gasteiger partial charge in [-0.2, -0.15) is 0 Å². The van der Waals surface area contributed by atoms with Crippen molar-refractivity contribution in [2.75, 3.05) is 0 Å². The van der Waals surface area contributed by atoms with Crippen molar-refractivity contribution in [2.24, 2.45) is 5.73 Å². The highest BCUT2D eigenvalue weighted by atomic mass is 16.2. The van der Waals surface area contributed by atoms with Gasteiger partial charge in [-0.25, -0.2) is 4.98 Å². The summed E-state index contributed by atoms with van der Waals surface area (Å²) in [5, 5.41) is 2.61. The van der Waals surface area contributed by atoms with Crippen molar-refractivity contribution in [1.29, 1.82) is 0 Å². The molecule has 2 aromatic rings. The summed E-state index contributed by atoms with van der Waals surface area (Å²) in [6.07, 6.45) is 3.76. The second-order valence-corrected chi connectivity index (χ2v) is 4.41. The largest absolute Gasteiger partial charge is 0.368 e. The van der Waals surface area contributed by atoms with E-state index in [4.69, 9.17) is 5.73 Å². The molecule has 0 saturated heterocycles. The molecule has 0 fully saturated rings. The molecule has 19 heavy (non-hydrogen) atoms. The van der Waals surface area contributed by atoms with Crippen LogP contribution in [0.4, 0.5) is 0 Å². The fraction of sp³-hybridized carbons (Fsp3) is 0.308. The molecule has 0 aliphatic rings. The van der Waals surface area contributed by atoms with E-state index in [9.17, 15) is 9.59 Å². The van der Waals surface area contributed by atoms with Crippen LogP contribution in [0.2, 0.25) is 0 Å². The summed E-state index contributed by atoms with van der Waals surface area (Å²) in [4.78, 5) is 27.4. The second-order valence-electron chi connectivity index (χ2n) is 4.41. The fourth-order valence-corrected chi connectivity index (χ4v) is 1.86. The van der Waals surface area contributed by atoms with E-state index in [0.717, 1.165) is 5.56 Å².